The molecule has 0 radical (unpaired) electrons. The first-order valence-electron chi connectivity index (χ1n) is 16.2. The van der Waals surface area contributed by atoms with E-state index >= 15 is 4.39 Å². The van der Waals surface area contributed by atoms with Crippen LogP contribution in [-0.2, 0) is 9.47 Å². The van der Waals surface area contributed by atoms with E-state index < -0.39 is 23.1 Å². The second-order valence-electron chi connectivity index (χ2n) is 14.4. The average Bonchev–Trinajstić information content (AvgIpc) is 3.68. The van der Waals surface area contributed by atoms with Gasteiger partial charge in [-0.3, -0.25) is 15.2 Å². The van der Waals surface area contributed by atoms with Gasteiger partial charge in [0.25, 0.3) is 0 Å². The number of pyridine rings is 1. The molecule has 5 aromatic rings. The predicted molar refractivity (Wildman–Crippen MR) is 197 cm³/mol. The number of rotatable bonds is 4. The maximum absolute atomic E-state index is 15.4. The number of thiophene rings is 2. The van der Waals surface area contributed by atoms with Gasteiger partial charge in [-0.1, -0.05) is 11.8 Å². The molecule has 2 aliphatic heterocycles. The molecule has 2 fully saturated rings. The van der Waals surface area contributed by atoms with Crippen LogP contribution in [0.4, 0.5) is 24.8 Å². The Bertz CT molecular complexity index is 2220. The number of fused-ring (bicyclic) bond motifs is 6. The highest BCUT2D eigenvalue weighted by atomic mass is 32.2. The van der Waals surface area contributed by atoms with Crippen molar-refractivity contribution in [2.75, 3.05) is 29.6 Å². The predicted octanol–water partition coefficient (Wildman–Crippen LogP) is 8.79. The van der Waals surface area contributed by atoms with Crippen molar-refractivity contribution >= 4 is 87.8 Å². The zero-order chi connectivity index (χ0) is 35.7. The molecule has 2 bridgehead atoms. The van der Waals surface area contributed by atoms with Crippen LogP contribution in [0.15, 0.2) is 29.6 Å². The molecular formula is C35H36FN7O4S3. The van der Waals surface area contributed by atoms with Gasteiger partial charge in [0.2, 0.25) is 0 Å². The summed E-state index contributed by atoms with van der Waals surface area (Å²) in [7, 11) is 0. The maximum atomic E-state index is 15.4. The number of ether oxygens (including phenoxy) is 2. The number of piperazine rings is 1. The number of hydrogen-bond donors (Lipinski definition) is 1. The topological polar surface area (TPSA) is 134 Å². The first kappa shape index (κ1) is 34.2. The Morgan fingerprint density at radius 3 is 2.34 bits per heavy atom. The molecule has 260 valence electrons. The van der Waals surface area contributed by atoms with E-state index in [1.165, 1.54) is 29.2 Å². The number of halogens is 1. The number of aromatic nitrogens is 3. The molecule has 50 heavy (non-hydrogen) atoms. The lowest BCUT2D eigenvalue weighted by Gasteiger charge is -2.42. The van der Waals surface area contributed by atoms with Crippen LogP contribution in [0.1, 0.15) is 59.9 Å². The van der Waals surface area contributed by atoms with Crippen LogP contribution in [0.2, 0.25) is 0 Å². The summed E-state index contributed by atoms with van der Waals surface area (Å²) in [5, 5.41) is 15.9. The van der Waals surface area contributed by atoms with Crippen LogP contribution < -0.4 is 10.2 Å². The highest BCUT2D eigenvalue weighted by Crippen LogP contribution is 2.47. The van der Waals surface area contributed by atoms with Gasteiger partial charge in [-0.25, -0.2) is 23.9 Å². The van der Waals surface area contributed by atoms with Crippen LogP contribution in [0.5, 0.6) is 0 Å². The molecule has 1 N–H and O–H groups in total. The zero-order valence-electron chi connectivity index (χ0n) is 28.7. The average molecular weight is 734 g/mol. The quantitative estimate of drug-likeness (QED) is 0.141. The fraction of sp³-hybridized carbons (Fsp3) is 0.429. The molecular weight excluding hydrogens is 698 g/mol. The Balaban J connectivity index is 1.34. The number of carbonyl (C=O) groups excluding carboxylic acids is 2. The van der Waals surface area contributed by atoms with E-state index in [0.717, 1.165) is 50.3 Å². The van der Waals surface area contributed by atoms with Gasteiger partial charge in [-0.05, 0) is 78.8 Å². The highest BCUT2D eigenvalue weighted by molar-refractivity contribution is 7.98. The van der Waals surface area contributed by atoms with Gasteiger partial charge in [0.15, 0.2) is 5.16 Å². The van der Waals surface area contributed by atoms with E-state index in [1.54, 1.807) is 33.0 Å². The summed E-state index contributed by atoms with van der Waals surface area (Å²) < 4.78 is 27.6. The lowest BCUT2D eigenvalue weighted by Crippen LogP contribution is -2.57. The Labute approximate surface area is 300 Å². The molecule has 11 nitrogen and oxygen atoms in total. The number of nitrogens with zero attached hydrogens (tertiary/aromatic N) is 6. The summed E-state index contributed by atoms with van der Waals surface area (Å²) in [4.78, 5) is 45.5. The van der Waals surface area contributed by atoms with Crippen LogP contribution in [0.25, 0.3) is 41.6 Å². The molecule has 6 heterocycles. The molecule has 2 saturated heterocycles. The molecule has 0 aliphatic carbocycles. The van der Waals surface area contributed by atoms with Gasteiger partial charge in [0.05, 0.1) is 38.1 Å². The third-order valence-electron chi connectivity index (χ3n) is 8.55. The van der Waals surface area contributed by atoms with E-state index in [-0.39, 0.29) is 33.4 Å². The molecule has 15 heteroatoms. The van der Waals surface area contributed by atoms with E-state index in [0.29, 0.717) is 34.9 Å². The van der Waals surface area contributed by atoms with Crippen molar-refractivity contribution in [2.24, 2.45) is 0 Å². The number of carbonyl (C=O) groups is 2. The van der Waals surface area contributed by atoms with Gasteiger partial charge in [-0.2, -0.15) is 5.26 Å². The van der Waals surface area contributed by atoms with Crippen LogP contribution in [0.3, 0.4) is 0 Å². The molecule has 2 amide bonds. The minimum absolute atomic E-state index is 0.00699. The third-order valence-corrected chi connectivity index (χ3v) is 11.3. The summed E-state index contributed by atoms with van der Waals surface area (Å²) in [5.74, 6) is 0.286. The first-order valence-corrected chi connectivity index (χ1v) is 19.1. The van der Waals surface area contributed by atoms with Crippen molar-refractivity contribution < 1.29 is 23.5 Å². The van der Waals surface area contributed by atoms with Crippen molar-refractivity contribution in [1.29, 1.82) is 5.26 Å². The summed E-state index contributed by atoms with van der Waals surface area (Å²) in [6.45, 7) is 12.1. The second kappa shape index (κ2) is 12.5. The van der Waals surface area contributed by atoms with E-state index in [2.05, 4.69) is 16.3 Å². The fourth-order valence-corrected chi connectivity index (χ4v) is 9.38. The minimum Gasteiger partial charge on any atom is -0.444 e. The fourth-order valence-electron chi connectivity index (χ4n) is 6.73. The molecule has 4 aromatic heterocycles. The molecule has 2 atom stereocenters. The standard InChI is InChI=1S/C35H36FN7O4S3/c1-34(2,3)46-32(44)41-29-21(14-37)23-19(10-11-22(36)27(23)50-29)25-26-20(12-13-38-25)24-28(39-31(48-7)40-30(24)49-26)42-15-17-8-9-18(16-42)43(17)33(45)47-35(4,5)6/h10-13,17-18H,8-9,15-16H2,1-7H3,(H,41,44). The zero-order valence-corrected chi connectivity index (χ0v) is 31.2. The van der Waals surface area contributed by atoms with Crippen molar-refractivity contribution in [3.8, 4) is 17.3 Å². The number of thioether (sulfide) groups is 1. The lowest BCUT2D eigenvalue weighted by molar-refractivity contribution is 0.0122. The Morgan fingerprint density at radius 1 is 1.00 bits per heavy atom. The van der Waals surface area contributed by atoms with Gasteiger partial charge in [0, 0.05) is 35.6 Å². The normalized spacial score (nSPS) is 17.8. The Kier molecular flexibility index (Phi) is 8.55. The number of anilines is 2. The van der Waals surface area contributed by atoms with Crippen molar-refractivity contribution in [3.05, 3.63) is 35.8 Å². The third kappa shape index (κ3) is 6.18. The van der Waals surface area contributed by atoms with Crippen LogP contribution in [-0.4, -0.2) is 74.7 Å². The van der Waals surface area contributed by atoms with Crippen molar-refractivity contribution in [2.45, 2.75) is 82.8 Å². The summed E-state index contributed by atoms with van der Waals surface area (Å²) in [6.07, 6.45) is 4.40. The largest absolute Gasteiger partial charge is 0.444 e. The van der Waals surface area contributed by atoms with Gasteiger partial charge < -0.3 is 14.4 Å². The summed E-state index contributed by atoms with van der Waals surface area (Å²) in [5.41, 5.74) is -0.0702. The first-order chi connectivity index (χ1) is 23.7. The SMILES string of the molecule is CSc1nc(N2CC3CCC(C2)N3C(=O)OC(C)(C)C)c2c(n1)sc1c(-c3ccc(F)c4sc(NC(=O)OC(C)(C)C)c(C#N)c34)nccc12. The number of hydrogen-bond acceptors (Lipinski definition) is 12. The summed E-state index contributed by atoms with van der Waals surface area (Å²) in [6, 6.07) is 7.09. The van der Waals surface area contributed by atoms with Crippen LogP contribution in [0, 0.1) is 17.1 Å². The van der Waals surface area contributed by atoms with Crippen LogP contribution >= 0.6 is 34.4 Å². The molecule has 7 rings (SSSR count). The Hall–Kier alpha value is -4.26. The van der Waals surface area contributed by atoms with E-state index in [4.69, 9.17) is 24.4 Å². The monoisotopic (exact) mass is 733 g/mol. The number of benzene rings is 1. The number of nitrogens with one attached hydrogen (secondary N) is 1. The minimum atomic E-state index is -0.756. The number of nitriles is 1. The Morgan fingerprint density at radius 2 is 1.70 bits per heavy atom. The summed E-state index contributed by atoms with van der Waals surface area (Å²) >= 11 is 3.91. The molecule has 0 saturated carbocycles. The van der Waals surface area contributed by atoms with E-state index in [1.807, 2.05) is 38.0 Å². The second-order valence-corrected chi connectivity index (χ2v) is 17.2. The highest BCUT2D eigenvalue weighted by Gasteiger charge is 2.45. The molecule has 2 aliphatic rings. The maximum Gasteiger partial charge on any atom is 0.412 e. The lowest BCUT2D eigenvalue weighted by atomic mass is 10.0. The van der Waals surface area contributed by atoms with Crippen molar-refractivity contribution in [3.63, 3.8) is 0 Å². The van der Waals surface area contributed by atoms with Gasteiger partial charge in [0.1, 0.15) is 38.7 Å². The van der Waals surface area contributed by atoms with Crippen molar-refractivity contribution in [1.82, 2.24) is 19.9 Å². The van der Waals surface area contributed by atoms with Gasteiger partial charge >= 0.3 is 12.2 Å². The smallest absolute Gasteiger partial charge is 0.412 e. The molecule has 2 unspecified atom stereocenters. The molecule has 1 aromatic carbocycles. The molecule has 0 spiro atoms. The van der Waals surface area contributed by atoms with Gasteiger partial charge in [-0.15, -0.1) is 22.7 Å². The van der Waals surface area contributed by atoms with E-state index in [9.17, 15) is 14.9 Å². The number of amides is 2.